The molecular formula is C18H31N3. The Kier molecular flexibility index (Phi) is 5.80. The molecule has 1 unspecified atom stereocenters. The second-order valence-electron chi connectivity index (χ2n) is 7.28. The monoisotopic (exact) mass is 289 g/mol. The Morgan fingerprint density at radius 3 is 2.24 bits per heavy atom. The largest absolute Gasteiger partial charge is 0.311 e. The quantitative estimate of drug-likeness (QED) is 0.899. The van der Waals surface area contributed by atoms with E-state index in [1.807, 2.05) is 0 Å². The van der Waals surface area contributed by atoms with Gasteiger partial charge in [0.1, 0.15) is 0 Å². The second kappa shape index (κ2) is 7.39. The summed E-state index contributed by atoms with van der Waals surface area (Å²) in [6, 6.07) is 11.4. The van der Waals surface area contributed by atoms with Crippen LogP contribution in [0, 0.1) is 0 Å². The van der Waals surface area contributed by atoms with E-state index in [0.717, 1.165) is 13.1 Å². The van der Waals surface area contributed by atoms with Crippen LogP contribution in [0.2, 0.25) is 0 Å². The Labute approximate surface area is 130 Å². The molecule has 0 aliphatic carbocycles. The van der Waals surface area contributed by atoms with Crippen molar-refractivity contribution in [3.05, 3.63) is 35.9 Å². The summed E-state index contributed by atoms with van der Waals surface area (Å²) >= 11 is 0. The van der Waals surface area contributed by atoms with Crippen molar-refractivity contribution < 1.29 is 0 Å². The third-order valence-corrected chi connectivity index (χ3v) is 4.21. The van der Waals surface area contributed by atoms with Crippen molar-refractivity contribution in [2.75, 3.05) is 32.7 Å². The molecule has 1 aliphatic heterocycles. The summed E-state index contributed by atoms with van der Waals surface area (Å²) in [4.78, 5) is 5.18. The highest BCUT2D eigenvalue weighted by molar-refractivity contribution is 5.14. The maximum absolute atomic E-state index is 3.61. The molecule has 3 heteroatoms. The number of hydrogen-bond acceptors (Lipinski definition) is 3. The maximum Gasteiger partial charge on any atom is 0.0234 e. The lowest BCUT2D eigenvalue weighted by atomic mass is 10.1. The van der Waals surface area contributed by atoms with E-state index in [1.165, 1.54) is 31.7 Å². The summed E-state index contributed by atoms with van der Waals surface area (Å²) in [6.07, 6.45) is 0. The van der Waals surface area contributed by atoms with Crippen molar-refractivity contribution in [2.24, 2.45) is 0 Å². The molecule has 1 aromatic rings. The van der Waals surface area contributed by atoms with Crippen molar-refractivity contribution in [3.8, 4) is 0 Å². The number of hydrogen-bond donors (Lipinski definition) is 1. The predicted molar refractivity (Wildman–Crippen MR) is 90.5 cm³/mol. The molecule has 118 valence electrons. The van der Waals surface area contributed by atoms with Crippen LogP contribution in [0.1, 0.15) is 33.3 Å². The van der Waals surface area contributed by atoms with Gasteiger partial charge in [-0.05, 0) is 33.3 Å². The SMILES string of the molecule is CC(CNC(C)(C)C)N1CCN(Cc2ccccc2)CC1. The minimum absolute atomic E-state index is 0.212. The minimum Gasteiger partial charge on any atom is -0.311 e. The van der Waals surface area contributed by atoms with Crippen molar-refractivity contribution in [1.82, 2.24) is 15.1 Å². The summed E-state index contributed by atoms with van der Waals surface area (Å²) < 4.78 is 0. The van der Waals surface area contributed by atoms with E-state index in [9.17, 15) is 0 Å². The Hall–Kier alpha value is -0.900. The predicted octanol–water partition coefficient (Wildman–Crippen LogP) is 2.58. The first-order valence-electron chi connectivity index (χ1n) is 8.19. The Morgan fingerprint density at radius 2 is 1.67 bits per heavy atom. The highest BCUT2D eigenvalue weighted by atomic mass is 15.3. The molecule has 0 radical (unpaired) electrons. The molecule has 1 fully saturated rings. The van der Waals surface area contributed by atoms with Crippen LogP contribution >= 0.6 is 0 Å². The molecule has 1 N–H and O–H groups in total. The third-order valence-electron chi connectivity index (χ3n) is 4.21. The number of rotatable bonds is 5. The molecule has 21 heavy (non-hydrogen) atoms. The van der Waals surface area contributed by atoms with Gasteiger partial charge in [-0.1, -0.05) is 30.3 Å². The van der Waals surface area contributed by atoms with Crippen molar-refractivity contribution >= 4 is 0 Å². The van der Waals surface area contributed by atoms with Gasteiger partial charge in [-0.15, -0.1) is 0 Å². The number of benzene rings is 1. The average molecular weight is 289 g/mol. The molecule has 0 saturated carbocycles. The first-order chi connectivity index (χ1) is 9.94. The fourth-order valence-corrected chi connectivity index (χ4v) is 2.79. The lowest BCUT2D eigenvalue weighted by Crippen LogP contribution is -2.53. The van der Waals surface area contributed by atoms with Crippen molar-refractivity contribution in [2.45, 2.75) is 45.8 Å². The molecular weight excluding hydrogens is 258 g/mol. The molecule has 0 amide bonds. The van der Waals surface area contributed by atoms with Crippen LogP contribution in [-0.4, -0.2) is 54.1 Å². The Balaban J connectivity index is 1.73. The highest BCUT2D eigenvalue weighted by Crippen LogP contribution is 2.11. The normalized spacial score (nSPS) is 19.6. The van der Waals surface area contributed by atoms with E-state index in [2.05, 4.69) is 73.1 Å². The first kappa shape index (κ1) is 16.5. The molecule has 2 rings (SSSR count). The highest BCUT2D eigenvalue weighted by Gasteiger charge is 2.22. The minimum atomic E-state index is 0.212. The van der Waals surface area contributed by atoms with Crippen LogP contribution in [0.4, 0.5) is 0 Å². The van der Waals surface area contributed by atoms with E-state index >= 15 is 0 Å². The van der Waals surface area contributed by atoms with Crippen LogP contribution < -0.4 is 5.32 Å². The van der Waals surface area contributed by atoms with Crippen LogP contribution in [0.25, 0.3) is 0 Å². The standard InChI is InChI=1S/C18H31N3/c1-16(14-19-18(2,3)4)21-12-10-20(11-13-21)15-17-8-6-5-7-9-17/h5-9,16,19H,10-15H2,1-4H3. The summed E-state index contributed by atoms with van der Waals surface area (Å²) in [5.41, 5.74) is 1.64. The van der Waals surface area contributed by atoms with Gasteiger partial charge in [-0.2, -0.15) is 0 Å². The number of nitrogens with one attached hydrogen (secondary N) is 1. The molecule has 3 nitrogen and oxygen atoms in total. The topological polar surface area (TPSA) is 18.5 Å². The van der Waals surface area contributed by atoms with Gasteiger partial charge in [0.15, 0.2) is 0 Å². The van der Waals surface area contributed by atoms with E-state index < -0.39 is 0 Å². The summed E-state index contributed by atoms with van der Waals surface area (Å²) in [7, 11) is 0. The van der Waals surface area contributed by atoms with E-state index in [-0.39, 0.29) is 5.54 Å². The zero-order valence-corrected chi connectivity index (χ0v) is 14.1. The smallest absolute Gasteiger partial charge is 0.0234 e. The van der Waals surface area contributed by atoms with Crippen LogP contribution in [-0.2, 0) is 6.54 Å². The van der Waals surface area contributed by atoms with Crippen molar-refractivity contribution in [1.29, 1.82) is 0 Å². The van der Waals surface area contributed by atoms with E-state index in [4.69, 9.17) is 0 Å². The Morgan fingerprint density at radius 1 is 1.05 bits per heavy atom. The lowest BCUT2D eigenvalue weighted by molar-refractivity contribution is 0.0947. The fourth-order valence-electron chi connectivity index (χ4n) is 2.79. The first-order valence-corrected chi connectivity index (χ1v) is 8.19. The zero-order chi connectivity index (χ0) is 15.3. The van der Waals surface area contributed by atoms with Gasteiger partial charge >= 0.3 is 0 Å². The third kappa shape index (κ3) is 5.77. The van der Waals surface area contributed by atoms with Gasteiger partial charge in [0.25, 0.3) is 0 Å². The van der Waals surface area contributed by atoms with Crippen LogP contribution in [0.3, 0.4) is 0 Å². The summed E-state index contributed by atoms with van der Waals surface area (Å²) in [6.45, 7) is 15.9. The van der Waals surface area contributed by atoms with Gasteiger partial charge in [0, 0.05) is 50.8 Å². The van der Waals surface area contributed by atoms with Gasteiger partial charge in [0.05, 0.1) is 0 Å². The molecule has 0 bridgehead atoms. The van der Waals surface area contributed by atoms with Crippen molar-refractivity contribution in [3.63, 3.8) is 0 Å². The zero-order valence-electron chi connectivity index (χ0n) is 14.1. The summed E-state index contributed by atoms with van der Waals surface area (Å²) in [5.74, 6) is 0. The molecule has 1 aromatic carbocycles. The maximum atomic E-state index is 3.61. The van der Waals surface area contributed by atoms with Gasteiger partial charge in [-0.25, -0.2) is 0 Å². The van der Waals surface area contributed by atoms with E-state index in [0.29, 0.717) is 6.04 Å². The van der Waals surface area contributed by atoms with E-state index in [1.54, 1.807) is 0 Å². The molecule has 1 heterocycles. The lowest BCUT2D eigenvalue weighted by Gasteiger charge is -2.39. The average Bonchev–Trinajstić information content (AvgIpc) is 2.46. The molecule has 1 atom stereocenters. The van der Waals surface area contributed by atoms with Gasteiger partial charge < -0.3 is 5.32 Å². The molecule has 0 aromatic heterocycles. The Bertz CT molecular complexity index is 402. The number of nitrogens with zero attached hydrogens (tertiary/aromatic N) is 2. The van der Waals surface area contributed by atoms with Gasteiger partial charge in [-0.3, -0.25) is 9.80 Å². The number of piperazine rings is 1. The molecule has 1 aliphatic rings. The molecule has 0 spiro atoms. The summed E-state index contributed by atoms with van der Waals surface area (Å²) in [5, 5.41) is 3.61. The molecule has 1 saturated heterocycles. The fraction of sp³-hybridized carbons (Fsp3) is 0.667. The van der Waals surface area contributed by atoms with Crippen LogP contribution in [0.15, 0.2) is 30.3 Å². The second-order valence-corrected chi connectivity index (χ2v) is 7.28. The van der Waals surface area contributed by atoms with Gasteiger partial charge in [0.2, 0.25) is 0 Å². The van der Waals surface area contributed by atoms with Crippen LogP contribution in [0.5, 0.6) is 0 Å².